The van der Waals surface area contributed by atoms with E-state index in [1.54, 1.807) is 0 Å². The lowest BCUT2D eigenvalue weighted by Gasteiger charge is -2.06. The van der Waals surface area contributed by atoms with Gasteiger partial charge >= 0.3 is 11.9 Å². The van der Waals surface area contributed by atoms with Gasteiger partial charge in [-0.15, -0.1) is 0 Å². The van der Waals surface area contributed by atoms with Crippen molar-refractivity contribution in [3.05, 3.63) is 0 Å². The van der Waals surface area contributed by atoms with Crippen LogP contribution >= 0.6 is 0 Å². The molecule has 5 heteroatoms. The molecule has 0 heterocycles. The molecule has 0 amide bonds. The fourth-order valence-corrected chi connectivity index (χ4v) is 0.594. The summed E-state index contributed by atoms with van der Waals surface area (Å²) in [5, 5.41) is 16.8. The molecule has 0 bridgehead atoms. The highest BCUT2D eigenvalue weighted by molar-refractivity contribution is 5.92. The van der Waals surface area contributed by atoms with Crippen LogP contribution in [0.25, 0.3) is 0 Å². The Labute approximate surface area is 70.0 Å². The lowest BCUT2D eigenvalue weighted by molar-refractivity contribution is -0.157. The first kappa shape index (κ1) is 10.9. The van der Waals surface area contributed by atoms with Crippen molar-refractivity contribution in [1.29, 1.82) is 0 Å². The Hall–Kier alpha value is -1.10. The largest absolute Gasteiger partial charge is 0.481 e. The van der Waals surface area contributed by atoms with Gasteiger partial charge in [0, 0.05) is 6.61 Å². The Morgan fingerprint density at radius 2 is 1.83 bits per heavy atom. The average molecular weight is 176 g/mol. The molecule has 70 valence electrons. The van der Waals surface area contributed by atoms with E-state index < -0.39 is 17.9 Å². The summed E-state index contributed by atoms with van der Waals surface area (Å²) in [6.07, 6.45) is 0.742. The zero-order valence-electron chi connectivity index (χ0n) is 6.82. The molecule has 0 saturated heterocycles. The SMILES string of the molecule is CCCOCC(C(=O)O)C(=O)O. The molecule has 0 aromatic rings. The molecule has 0 spiro atoms. The van der Waals surface area contributed by atoms with E-state index in [0.717, 1.165) is 6.42 Å². The molecule has 0 rings (SSSR count). The first-order valence-electron chi connectivity index (χ1n) is 3.63. The van der Waals surface area contributed by atoms with Gasteiger partial charge in [0.15, 0.2) is 5.92 Å². The van der Waals surface area contributed by atoms with E-state index >= 15 is 0 Å². The van der Waals surface area contributed by atoms with Gasteiger partial charge in [-0.25, -0.2) is 0 Å². The molecule has 0 radical (unpaired) electrons. The maximum absolute atomic E-state index is 10.3. The Morgan fingerprint density at radius 3 is 2.17 bits per heavy atom. The van der Waals surface area contributed by atoms with Crippen molar-refractivity contribution in [2.24, 2.45) is 5.92 Å². The van der Waals surface area contributed by atoms with E-state index in [4.69, 9.17) is 14.9 Å². The van der Waals surface area contributed by atoms with Gasteiger partial charge in [-0.1, -0.05) is 6.92 Å². The molecular formula is C7H12O5. The lowest BCUT2D eigenvalue weighted by Crippen LogP contribution is -2.28. The van der Waals surface area contributed by atoms with Gasteiger partial charge in [0.1, 0.15) is 0 Å². The highest BCUT2D eigenvalue weighted by Crippen LogP contribution is 1.98. The molecule has 5 nitrogen and oxygen atoms in total. The molecular weight excluding hydrogens is 164 g/mol. The van der Waals surface area contributed by atoms with Crippen molar-refractivity contribution in [2.75, 3.05) is 13.2 Å². The predicted molar refractivity (Wildman–Crippen MR) is 39.9 cm³/mol. The Bertz CT molecular complexity index is 151. The van der Waals surface area contributed by atoms with Crippen LogP contribution in [0.4, 0.5) is 0 Å². The van der Waals surface area contributed by atoms with Crippen molar-refractivity contribution in [3.63, 3.8) is 0 Å². The summed E-state index contributed by atoms with van der Waals surface area (Å²) in [5.74, 6) is -4.17. The molecule has 12 heavy (non-hydrogen) atoms. The molecule has 2 N–H and O–H groups in total. The quantitative estimate of drug-likeness (QED) is 0.446. The summed E-state index contributed by atoms with van der Waals surface area (Å²) < 4.78 is 4.81. The van der Waals surface area contributed by atoms with E-state index in [1.165, 1.54) is 0 Å². The third-order valence-electron chi connectivity index (χ3n) is 1.23. The summed E-state index contributed by atoms with van der Waals surface area (Å²) in [5.41, 5.74) is 0. The second kappa shape index (κ2) is 5.54. The van der Waals surface area contributed by atoms with Gasteiger partial charge in [0.2, 0.25) is 0 Å². The highest BCUT2D eigenvalue weighted by Gasteiger charge is 2.25. The number of hydrogen-bond acceptors (Lipinski definition) is 3. The molecule has 0 fully saturated rings. The van der Waals surface area contributed by atoms with Gasteiger partial charge in [-0.05, 0) is 6.42 Å². The highest BCUT2D eigenvalue weighted by atomic mass is 16.5. The summed E-state index contributed by atoms with van der Waals surface area (Å²) in [4.78, 5) is 20.5. The number of carbonyl (C=O) groups is 2. The average Bonchev–Trinajstić information content (AvgIpc) is 1.96. The van der Waals surface area contributed by atoms with Gasteiger partial charge in [0.25, 0.3) is 0 Å². The second-order valence-electron chi connectivity index (χ2n) is 2.30. The van der Waals surface area contributed by atoms with Crippen LogP contribution in [0.3, 0.4) is 0 Å². The van der Waals surface area contributed by atoms with Crippen LogP contribution in [0.1, 0.15) is 13.3 Å². The Morgan fingerprint density at radius 1 is 1.33 bits per heavy atom. The second-order valence-corrected chi connectivity index (χ2v) is 2.30. The Balaban J connectivity index is 3.80. The monoisotopic (exact) mass is 176 g/mol. The van der Waals surface area contributed by atoms with Crippen molar-refractivity contribution in [2.45, 2.75) is 13.3 Å². The Kier molecular flexibility index (Phi) is 5.03. The first-order chi connectivity index (χ1) is 5.59. The van der Waals surface area contributed by atoms with E-state index in [0.29, 0.717) is 6.61 Å². The number of carboxylic acids is 2. The van der Waals surface area contributed by atoms with Crippen LogP contribution < -0.4 is 0 Å². The van der Waals surface area contributed by atoms with E-state index in [9.17, 15) is 9.59 Å². The fourth-order valence-electron chi connectivity index (χ4n) is 0.594. The van der Waals surface area contributed by atoms with Crippen LogP contribution in [0, 0.1) is 5.92 Å². The third kappa shape index (κ3) is 3.92. The number of hydrogen-bond donors (Lipinski definition) is 2. The van der Waals surface area contributed by atoms with E-state index in [2.05, 4.69) is 0 Å². The standard InChI is InChI=1S/C7H12O5/c1-2-3-12-4-5(6(8)9)7(10)11/h5H,2-4H2,1H3,(H,8,9)(H,10,11). The molecule has 0 saturated carbocycles. The van der Waals surface area contributed by atoms with Crippen LogP contribution in [0.2, 0.25) is 0 Å². The number of aliphatic carboxylic acids is 2. The van der Waals surface area contributed by atoms with Crippen LogP contribution in [-0.4, -0.2) is 35.4 Å². The number of rotatable bonds is 6. The van der Waals surface area contributed by atoms with Crippen molar-refractivity contribution < 1.29 is 24.5 Å². The molecule has 0 aliphatic heterocycles. The fraction of sp³-hybridized carbons (Fsp3) is 0.714. The molecule has 0 atom stereocenters. The molecule has 0 unspecified atom stereocenters. The minimum Gasteiger partial charge on any atom is -0.481 e. The minimum atomic E-state index is -1.45. The van der Waals surface area contributed by atoms with Crippen molar-refractivity contribution >= 4 is 11.9 Å². The van der Waals surface area contributed by atoms with Gasteiger partial charge in [-0.2, -0.15) is 0 Å². The third-order valence-corrected chi connectivity index (χ3v) is 1.23. The smallest absolute Gasteiger partial charge is 0.320 e. The van der Waals surface area contributed by atoms with Gasteiger partial charge < -0.3 is 14.9 Å². The normalized spacial score (nSPS) is 10.2. The van der Waals surface area contributed by atoms with Crippen molar-refractivity contribution in [3.8, 4) is 0 Å². The molecule has 0 aliphatic carbocycles. The lowest BCUT2D eigenvalue weighted by atomic mass is 10.2. The van der Waals surface area contributed by atoms with E-state index in [-0.39, 0.29) is 6.61 Å². The first-order valence-corrected chi connectivity index (χ1v) is 3.63. The van der Waals surface area contributed by atoms with Crippen molar-refractivity contribution in [1.82, 2.24) is 0 Å². The minimum absolute atomic E-state index is 0.265. The zero-order chi connectivity index (χ0) is 9.56. The number of carboxylic acid groups (broad SMARTS) is 2. The van der Waals surface area contributed by atoms with Gasteiger partial charge in [-0.3, -0.25) is 9.59 Å². The summed E-state index contributed by atoms with van der Waals surface area (Å²) in [6.45, 7) is 1.98. The summed E-state index contributed by atoms with van der Waals surface area (Å²) in [7, 11) is 0. The maximum Gasteiger partial charge on any atom is 0.320 e. The summed E-state index contributed by atoms with van der Waals surface area (Å²) >= 11 is 0. The molecule has 0 aromatic carbocycles. The summed E-state index contributed by atoms with van der Waals surface area (Å²) in [6, 6.07) is 0. The molecule has 0 aliphatic rings. The zero-order valence-corrected chi connectivity index (χ0v) is 6.82. The van der Waals surface area contributed by atoms with Crippen LogP contribution in [0.15, 0.2) is 0 Å². The van der Waals surface area contributed by atoms with Gasteiger partial charge in [0.05, 0.1) is 6.61 Å². The molecule has 0 aromatic heterocycles. The van der Waals surface area contributed by atoms with E-state index in [1.807, 2.05) is 6.92 Å². The maximum atomic E-state index is 10.3. The predicted octanol–water partition coefficient (Wildman–Crippen LogP) is 0.198. The van der Waals surface area contributed by atoms with Crippen LogP contribution in [0.5, 0.6) is 0 Å². The van der Waals surface area contributed by atoms with Crippen LogP contribution in [-0.2, 0) is 14.3 Å². The topological polar surface area (TPSA) is 83.8 Å². The number of ether oxygens (including phenoxy) is 1.